The summed E-state index contributed by atoms with van der Waals surface area (Å²) in [5.41, 5.74) is 0.0168. The highest BCUT2D eigenvalue weighted by Crippen LogP contribution is 2.39. The summed E-state index contributed by atoms with van der Waals surface area (Å²) in [6, 6.07) is 0. The molecular weight excluding hydrogens is 277 g/mol. The molecule has 0 saturated heterocycles. The van der Waals surface area contributed by atoms with E-state index in [1.165, 1.54) is 0 Å². The van der Waals surface area contributed by atoms with E-state index in [9.17, 15) is 13.2 Å². The molecule has 0 radical (unpaired) electrons. The van der Waals surface area contributed by atoms with E-state index in [0.717, 1.165) is 45.2 Å². The zero-order valence-corrected chi connectivity index (χ0v) is 13.7. The van der Waals surface area contributed by atoms with Crippen LogP contribution >= 0.6 is 0 Å². The van der Waals surface area contributed by atoms with Crippen LogP contribution in [-0.4, -0.2) is 43.8 Å². The first-order chi connectivity index (χ1) is 9.80. The summed E-state index contributed by atoms with van der Waals surface area (Å²) in [5, 5.41) is 3.38. The second kappa shape index (κ2) is 8.37. The molecule has 21 heavy (non-hydrogen) atoms. The van der Waals surface area contributed by atoms with Crippen LogP contribution < -0.4 is 5.32 Å². The maximum absolute atomic E-state index is 12.8. The second-order valence-electron chi connectivity index (χ2n) is 6.79. The number of halogens is 3. The first-order valence-electron chi connectivity index (χ1n) is 8.30. The largest absolute Gasteiger partial charge is 0.401 e. The lowest BCUT2D eigenvalue weighted by Crippen LogP contribution is -2.48. The number of rotatable bonds is 8. The van der Waals surface area contributed by atoms with Crippen molar-refractivity contribution in [1.82, 2.24) is 10.2 Å². The van der Waals surface area contributed by atoms with Gasteiger partial charge in [0.05, 0.1) is 6.54 Å². The van der Waals surface area contributed by atoms with Crippen LogP contribution in [0.2, 0.25) is 0 Å². The van der Waals surface area contributed by atoms with Gasteiger partial charge in [0.2, 0.25) is 0 Å². The number of hydrogen-bond acceptors (Lipinski definition) is 2. The van der Waals surface area contributed by atoms with Crippen molar-refractivity contribution in [3.8, 4) is 0 Å². The van der Waals surface area contributed by atoms with E-state index >= 15 is 0 Å². The van der Waals surface area contributed by atoms with E-state index in [2.05, 4.69) is 19.2 Å². The zero-order chi connectivity index (χ0) is 15.9. The third-order valence-corrected chi connectivity index (χ3v) is 4.59. The highest BCUT2D eigenvalue weighted by atomic mass is 19.4. The van der Waals surface area contributed by atoms with Crippen LogP contribution in [0.3, 0.4) is 0 Å². The van der Waals surface area contributed by atoms with Crippen molar-refractivity contribution < 1.29 is 13.2 Å². The Bertz CT molecular complexity index is 278. The minimum atomic E-state index is -4.10. The predicted octanol–water partition coefficient (Wildman–Crippen LogP) is 4.07. The van der Waals surface area contributed by atoms with E-state index in [1.54, 1.807) is 4.90 Å². The quantitative estimate of drug-likeness (QED) is 0.727. The summed E-state index contributed by atoms with van der Waals surface area (Å²) in [6.45, 7) is 8.30. The van der Waals surface area contributed by atoms with Crippen molar-refractivity contribution in [2.45, 2.75) is 59.1 Å². The van der Waals surface area contributed by atoms with Crippen molar-refractivity contribution in [2.75, 3.05) is 32.7 Å². The highest BCUT2D eigenvalue weighted by Gasteiger charge is 2.38. The molecule has 126 valence electrons. The van der Waals surface area contributed by atoms with Gasteiger partial charge in [0, 0.05) is 13.1 Å². The average Bonchev–Trinajstić information content (AvgIpc) is 2.38. The maximum Gasteiger partial charge on any atom is 0.401 e. The topological polar surface area (TPSA) is 15.3 Å². The molecule has 0 aromatic carbocycles. The van der Waals surface area contributed by atoms with Crippen LogP contribution in [-0.2, 0) is 0 Å². The van der Waals surface area contributed by atoms with Crippen molar-refractivity contribution >= 4 is 0 Å². The van der Waals surface area contributed by atoms with Gasteiger partial charge in [0.25, 0.3) is 0 Å². The monoisotopic (exact) mass is 308 g/mol. The van der Waals surface area contributed by atoms with E-state index in [0.29, 0.717) is 19.0 Å². The molecule has 1 fully saturated rings. The minimum Gasteiger partial charge on any atom is -0.316 e. The Kier molecular flexibility index (Phi) is 7.48. The normalized spacial score (nSPS) is 27.3. The molecule has 0 aromatic rings. The lowest BCUT2D eigenvalue weighted by molar-refractivity contribution is -0.150. The first kappa shape index (κ1) is 18.8. The molecule has 0 unspecified atom stereocenters. The molecule has 2 nitrogen and oxygen atoms in total. The third-order valence-electron chi connectivity index (χ3n) is 4.59. The second-order valence-corrected chi connectivity index (χ2v) is 6.79. The minimum absolute atomic E-state index is 0.0168. The van der Waals surface area contributed by atoms with Crippen LogP contribution in [0.5, 0.6) is 0 Å². The molecule has 1 aliphatic carbocycles. The van der Waals surface area contributed by atoms with Gasteiger partial charge in [0.1, 0.15) is 0 Å². The van der Waals surface area contributed by atoms with Gasteiger partial charge in [-0.25, -0.2) is 0 Å². The molecular formula is C16H31F3N2. The molecule has 0 aromatic heterocycles. The Morgan fingerprint density at radius 2 is 1.81 bits per heavy atom. The standard InChI is InChI=1S/C16H31F3N2/c1-4-10-21(13-16(17,18)19)12-15(11-20-5-2)8-6-14(3)7-9-15/h14,20H,4-13H2,1-3H3. The van der Waals surface area contributed by atoms with E-state index < -0.39 is 12.7 Å². The van der Waals surface area contributed by atoms with Gasteiger partial charge in [0.15, 0.2) is 0 Å². The van der Waals surface area contributed by atoms with Crippen molar-refractivity contribution in [3.63, 3.8) is 0 Å². The third kappa shape index (κ3) is 7.00. The van der Waals surface area contributed by atoms with Gasteiger partial charge < -0.3 is 5.32 Å². The lowest BCUT2D eigenvalue weighted by atomic mass is 9.70. The van der Waals surface area contributed by atoms with Gasteiger partial charge in [-0.05, 0) is 43.7 Å². The number of nitrogens with zero attached hydrogens (tertiary/aromatic N) is 1. The van der Waals surface area contributed by atoms with Crippen LogP contribution in [0, 0.1) is 11.3 Å². The maximum atomic E-state index is 12.8. The van der Waals surface area contributed by atoms with Crippen molar-refractivity contribution in [3.05, 3.63) is 0 Å². The van der Waals surface area contributed by atoms with Gasteiger partial charge in [-0.15, -0.1) is 0 Å². The summed E-state index contributed by atoms with van der Waals surface area (Å²) in [7, 11) is 0. The molecule has 1 saturated carbocycles. The van der Waals surface area contributed by atoms with E-state index in [1.807, 2.05) is 6.92 Å². The summed E-state index contributed by atoms with van der Waals surface area (Å²) >= 11 is 0. The van der Waals surface area contributed by atoms with Gasteiger partial charge in [-0.2, -0.15) is 13.2 Å². The van der Waals surface area contributed by atoms with E-state index in [-0.39, 0.29) is 5.41 Å². The molecule has 5 heteroatoms. The summed E-state index contributed by atoms with van der Waals surface area (Å²) in [4.78, 5) is 1.62. The van der Waals surface area contributed by atoms with E-state index in [4.69, 9.17) is 0 Å². The smallest absolute Gasteiger partial charge is 0.316 e. The Balaban J connectivity index is 2.71. The Labute approximate surface area is 127 Å². The SMILES string of the molecule is CCCN(CC(F)(F)F)CC1(CNCC)CCC(C)CC1. The van der Waals surface area contributed by atoms with Gasteiger partial charge in [-0.1, -0.05) is 33.6 Å². The number of hydrogen-bond donors (Lipinski definition) is 1. The van der Waals surface area contributed by atoms with Crippen LogP contribution in [0.15, 0.2) is 0 Å². The van der Waals surface area contributed by atoms with Crippen LogP contribution in [0.4, 0.5) is 13.2 Å². The fraction of sp³-hybridized carbons (Fsp3) is 1.00. The summed E-state index contributed by atoms with van der Waals surface area (Å²) in [5.74, 6) is 0.710. The summed E-state index contributed by atoms with van der Waals surface area (Å²) < 4.78 is 38.3. The first-order valence-corrected chi connectivity index (χ1v) is 8.30. The Morgan fingerprint density at radius 1 is 1.19 bits per heavy atom. The molecule has 0 aliphatic heterocycles. The van der Waals surface area contributed by atoms with Crippen LogP contribution in [0.1, 0.15) is 52.9 Å². The molecule has 1 aliphatic rings. The molecule has 0 amide bonds. The molecule has 1 rings (SSSR count). The highest BCUT2D eigenvalue weighted by molar-refractivity contribution is 4.89. The molecule has 0 atom stereocenters. The van der Waals surface area contributed by atoms with Crippen LogP contribution in [0.25, 0.3) is 0 Å². The Hall–Kier alpha value is -0.290. The molecule has 0 heterocycles. The fourth-order valence-corrected chi connectivity index (χ4v) is 3.41. The van der Waals surface area contributed by atoms with Crippen molar-refractivity contribution in [2.24, 2.45) is 11.3 Å². The molecule has 0 bridgehead atoms. The zero-order valence-electron chi connectivity index (χ0n) is 13.7. The fourth-order valence-electron chi connectivity index (χ4n) is 3.41. The van der Waals surface area contributed by atoms with Gasteiger partial charge >= 0.3 is 6.18 Å². The molecule has 0 spiro atoms. The predicted molar refractivity (Wildman–Crippen MR) is 81.4 cm³/mol. The Morgan fingerprint density at radius 3 is 2.29 bits per heavy atom. The molecule has 1 N–H and O–H groups in total. The number of nitrogens with one attached hydrogen (secondary N) is 1. The van der Waals surface area contributed by atoms with Gasteiger partial charge in [-0.3, -0.25) is 4.90 Å². The average molecular weight is 308 g/mol. The number of alkyl halides is 3. The van der Waals surface area contributed by atoms with Crippen molar-refractivity contribution in [1.29, 1.82) is 0 Å². The lowest BCUT2D eigenvalue weighted by Gasteiger charge is -2.43. The summed E-state index contributed by atoms with van der Waals surface area (Å²) in [6.07, 6.45) is 1.02.